The van der Waals surface area contributed by atoms with E-state index in [1.165, 1.54) is 225 Å². The molecule has 3 saturated heterocycles. The van der Waals surface area contributed by atoms with Crippen molar-refractivity contribution in [3.8, 4) is 0 Å². The molecule has 101 heavy (non-hydrogen) atoms. The second-order valence-electron chi connectivity index (χ2n) is 29.3. The van der Waals surface area contributed by atoms with Gasteiger partial charge in [0.2, 0.25) is 11.8 Å². The van der Waals surface area contributed by atoms with Crippen molar-refractivity contribution in [1.82, 2.24) is 10.6 Å². The number of allylic oxidation sites excluding steroid dienone is 3. The Balaban J connectivity index is 1.45. The molecule has 0 aromatic rings. The number of aliphatic hydroxyl groups excluding tert-OH is 11. The molecule has 0 aliphatic carbocycles. The third-order valence-corrected chi connectivity index (χ3v) is 20.4. The molecule has 0 spiro atoms. The maximum atomic E-state index is 13.5. The van der Waals surface area contributed by atoms with Crippen LogP contribution in [0.5, 0.6) is 0 Å². The molecule has 23 heteroatoms. The lowest BCUT2D eigenvalue weighted by molar-refractivity contribution is -0.386. The average molecular weight is 1450 g/mol. The Morgan fingerprint density at radius 3 is 1.35 bits per heavy atom. The lowest BCUT2D eigenvalue weighted by Gasteiger charge is -2.50. The minimum Gasteiger partial charge on any atom is -0.477 e. The van der Waals surface area contributed by atoms with E-state index in [1.54, 1.807) is 6.08 Å². The number of carboxylic acids is 1. The van der Waals surface area contributed by atoms with Gasteiger partial charge in [-0.1, -0.05) is 276 Å². The summed E-state index contributed by atoms with van der Waals surface area (Å²) in [4.78, 5) is 38.6. The number of carbonyl (C=O) groups is 3. The molecule has 18 atom stereocenters. The largest absolute Gasteiger partial charge is 0.477 e. The standard InChI is InChI=1S/C78H144N2O21/c1-4-6-8-10-12-14-16-18-20-21-22-23-24-25-26-27-28-29-30-31-32-33-34-35-36-37-38-40-42-44-46-48-50-52-65(88)80-59(60(85)51-49-47-45-43-41-39-19-17-15-13-11-9-7-5-2)57-96-75-70(92)69(91)72(64(56-83)98-75)99-76-71(93)74(68(90)63(55-82)97-76)101-78(77(94)95)53-61(86)66(79-58(3)84)73(100-78)67(89)62(87)54-81/h25-26,49,51,59-64,66-76,81-83,85-87,89-93H,4-24,27-48,50,52-57H2,1-3H3,(H,79,84)(H,80,88)(H,94,95)/b26-25-,51-49+. The number of hydrogen-bond acceptors (Lipinski definition) is 20. The number of nitrogens with one attached hydrogen (secondary N) is 2. The van der Waals surface area contributed by atoms with Crippen LogP contribution < -0.4 is 10.6 Å². The van der Waals surface area contributed by atoms with E-state index in [-0.39, 0.29) is 12.3 Å². The highest BCUT2D eigenvalue weighted by Gasteiger charge is 2.60. The molecule has 3 heterocycles. The molecule has 2 amide bonds. The minimum absolute atomic E-state index is 0.203. The predicted molar refractivity (Wildman–Crippen MR) is 389 cm³/mol. The zero-order chi connectivity index (χ0) is 73.9. The van der Waals surface area contributed by atoms with Gasteiger partial charge in [-0.05, 0) is 44.9 Å². The normalized spacial score (nSPS) is 26.9. The van der Waals surface area contributed by atoms with Crippen molar-refractivity contribution < 1.29 is 104 Å². The zero-order valence-electron chi connectivity index (χ0n) is 62.5. The van der Waals surface area contributed by atoms with Crippen LogP contribution in [0, 0.1) is 0 Å². The highest BCUT2D eigenvalue weighted by Crippen LogP contribution is 2.39. The van der Waals surface area contributed by atoms with Crippen LogP contribution in [0.4, 0.5) is 0 Å². The van der Waals surface area contributed by atoms with Crippen molar-refractivity contribution in [3.63, 3.8) is 0 Å². The molecule has 23 nitrogen and oxygen atoms in total. The summed E-state index contributed by atoms with van der Waals surface area (Å²) in [7, 11) is 0. The van der Waals surface area contributed by atoms with Crippen LogP contribution in [0.15, 0.2) is 24.3 Å². The molecule has 0 aromatic carbocycles. The first-order chi connectivity index (χ1) is 48.9. The van der Waals surface area contributed by atoms with Gasteiger partial charge in [0.05, 0.1) is 50.7 Å². The van der Waals surface area contributed by atoms with Gasteiger partial charge in [0.1, 0.15) is 67.1 Å². The van der Waals surface area contributed by atoms with E-state index in [9.17, 15) is 75.7 Å². The first-order valence-corrected chi connectivity index (χ1v) is 40.2. The van der Waals surface area contributed by atoms with Crippen LogP contribution in [0.1, 0.15) is 316 Å². The third-order valence-electron chi connectivity index (χ3n) is 20.4. The molecule has 14 N–H and O–H groups in total. The monoisotopic (exact) mass is 1450 g/mol. The Bertz CT molecular complexity index is 2110. The zero-order valence-corrected chi connectivity index (χ0v) is 62.5. The summed E-state index contributed by atoms with van der Waals surface area (Å²) in [5.41, 5.74) is 0. The summed E-state index contributed by atoms with van der Waals surface area (Å²) < 4.78 is 34.9. The SMILES string of the molecule is CCCCCCCCCCCCCC/C=C\CCCCCCCCCCCCCCCCCCCC(=O)NC(COC1OC(CO)C(OC2OC(CO)C(O)C(OC3(C(=O)O)CC(O)C(NC(C)=O)C(C(O)C(O)CO)O3)C2O)C(O)C1O)C(O)/C=C/CCCCCCCCCCCCCC. The molecule has 0 bridgehead atoms. The Labute approximate surface area is 606 Å². The fourth-order valence-corrected chi connectivity index (χ4v) is 14.0. The van der Waals surface area contributed by atoms with Gasteiger partial charge in [-0.3, -0.25) is 9.59 Å². The van der Waals surface area contributed by atoms with Crippen molar-refractivity contribution in [2.24, 2.45) is 0 Å². The molecule has 3 fully saturated rings. The fraction of sp³-hybridized carbons (Fsp3) is 0.910. The molecule has 18 unspecified atom stereocenters. The number of rotatable bonds is 63. The molecule has 0 aromatic heterocycles. The first-order valence-electron chi connectivity index (χ1n) is 40.2. The van der Waals surface area contributed by atoms with Crippen LogP contribution in [-0.2, 0) is 42.8 Å². The van der Waals surface area contributed by atoms with Gasteiger partial charge in [0.25, 0.3) is 5.79 Å². The molecular formula is C78H144N2O21. The molecular weight excluding hydrogens is 1300 g/mol. The van der Waals surface area contributed by atoms with Crippen LogP contribution in [0.2, 0.25) is 0 Å². The smallest absolute Gasteiger partial charge is 0.364 e. The molecule has 3 rings (SSSR count). The number of aliphatic hydroxyl groups is 11. The van der Waals surface area contributed by atoms with Gasteiger partial charge in [-0.2, -0.15) is 0 Å². The van der Waals surface area contributed by atoms with E-state index in [4.69, 9.17) is 28.4 Å². The highest BCUT2D eigenvalue weighted by molar-refractivity contribution is 5.77. The fourth-order valence-electron chi connectivity index (χ4n) is 14.0. The summed E-state index contributed by atoms with van der Waals surface area (Å²) in [6.45, 7) is 2.16. The van der Waals surface area contributed by atoms with Crippen molar-refractivity contribution in [3.05, 3.63) is 24.3 Å². The average Bonchev–Trinajstić information content (AvgIpc) is 0.756. The summed E-state index contributed by atoms with van der Waals surface area (Å²) in [5.74, 6) is -6.14. The molecule has 0 radical (unpaired) electrons. The van der Waals surface area contributed by atoms with Crippen LogP contribution in [0.3, 0.4) is 0 Å². The van der Waals surface area contributed by atoms with Crippen LogP contribution >= 0.6 is 0 Å². The number of ether oxygens (including phenoxy) is 6. The van der Waals surface area contributed by atoms with E-state index in [0.717, 1.165) is 51.9 Å². The van der Waals surface area contributed by atoms with Crippen molar-refractivity contribution in [1.29, 1.82) is 0 Å². The second-order valence-corrected chi connectivity index (χ2v) is 29.3. The Kier molecular flexibility index (Phi) is 52.5. The Morgan fingerprint density at radius 2 is 0.931 bits per heavy atom. The molecule has 0 saturated carbocycles. The number of hydrogen-bond donors (Lipinski definition) is 14. The van der Waals surface area contributed by atoms with Gasteiger partial charge in [0, 0.05) is 19.8 Å². The van der Waals surface area contributed by atoms with Crippen molar-refractivity contribution in [2.45, 2.75) is 426 Å². The maximum Gasteiger partial charge on any atom is 0.364 e. The Morgan fingerprint density at radius 1 is 0.515 bits per heavy atom. The lowest BCUT2D eigenvalue weighted by atomic mass is 9.88. The number of amides is 2. The van der Waals surface area contributed by atoms with Gasteiger partial charge >= 0.3 is 5.97 Å². The lowest BCUT2D eigenvalue weighted by Crippen LogP contribution is -2.70. The number of carbonyl (C=O) groups excluding carboxylic acids is 2. The summed E-state index contributed by atoms with van der Waals surface area (Å²) in [6.07, 6.45) is 33.8. The van der Waals surface area contributed by atoms with E-state index in [1.807, 2.05) is 6.08 Å². The Hall–Kier alpha value is -2.79. The van der Waals surface area contributed by atoms with Gasteiger partial charge in [0.15, 0.2) is 12.6 Å². The second kappa shape index (κ2) is 57.4. The summed E-state index contributed by atoms with van der Waals surface area (Å²) in [5, 5.41) is 136. The number of unbranched alkanes of at least 4 members (excludes halogenated alkanes) is 41. The van der Waals surface area contributed by atoms with E-state index < -0.39 is 155 Å². The number of carboxylic acid groups (broad SMARTS) is 1. The van der Waals surface area contributed by atoms with Gasteiger partial charge in [-0.15, -0.1) is 0 Å². The molecule has 592 valence electrons. The number of aliphatic carboxylic acids is 1. The van der Waals surface area contributed by atoms with Crippen molar-refractivity contribution in [2.75, 3.05) is 26.4 Å². The molecule has 3 aliphatic rings. The summed E-state index contributed by atoms with van der Waals surface area (Å²) in [6, 6.07) is -2.62. The van der Waals surface area contributed by atoms with E-state index in [0.29, 0.717) is 12.8 Å². The van der Waals surface area contributed by atoms with Crippen LogP contribution in [0.25, 0.3) is 0 Å². The van der Waals surface area contributed by atoms with Gasteiger partial charge < -0.3 is 100 Å². The maximum absolute atomic E-state index is 13.5. The topological polar surface area (TPSA) is 373 Å². The predicted octanol–water partition coefficient (Wildman–Crippen LogP) is 10.4. The van der Waals surface area contributed by atoms with Crippen molar-refractivity contribution >= 4 is 17.8 Å². The first kappa shape index (κ1) is 92.4. The highest BCUT2D eigenvalue weighted by atomic mass is 16.8. The van der Waals surface area contributed by atoms with Gasteiger partial charge in [-0.25, -0.2) is 4.79 Å². The third kappa shape index (κ3) is 38.0. The van der Waals surface area contributed by atoms with Crippen LogP contribution in [-0.4, -0.2) is 215 Å². The van der Waals surface area contributed by atoms with E-state index in [2.05, 4.69) is 36.6 Å². The van der Waals surface area contributed by atoms with E-state index >= 15 is 0 Å². The molecule has 3 aliphatic heterocycles. The minimum atomic E-state index is -3.08. The summed E-state index contributed by atoms with van der Waals surface area (Å²) >= 11 is 0. The quantitative estimate of drug-likeness (QED) is 0.0199.